The molecule has 0 unspecified atom stereocenters. The molecule has 0 saturated carbocycles. The molecule has 0 aliphatic heterocycles. The molecule has 0 bridgehead atoms. The number of nitrogens with one attached hydrogen (secondary N) is 2. The molecule has 2 aromatic heterocycles. The van der Waals surface area contributed by atoms with Crippen molar-refractivity contribution >= 4 is 12.1 Å². The van der Waals surface area contributed by atoms with Gasteiger partial charge < -0.3 is 4.98 Å². The van der Waals surface area contributed by atoms with Gasteiger partial charge in [0.05, 0.1) is 11.9 Å². The Bertz CT molecular complexity index is 1090. The van der Waals surface area contributed by atoms with Gasteiger partial charge in [-0.25, -0.2) is 5.43 Å². The SMILES string of the molecule is O=C(N/N=C\c1cc(-c2ccccc2)[nH]c1-c1ccccc1)c1ccncc1. The van der Waals surface area contributed by atoms with Crippen LogP contribution in [-0.4, -0.2) is 22.1 Å². The van der Waals surface area contributed by atoms with Crippen LogP contribution >= 0.6 is 0 Å². The second-order valence-corrected chi connectivity index (χ2v) is 6.18. The molecule has 4 aromatic rings. The van der Waals surface area contributed by atoms with Crippen molar-refractivity contribution in [1.29, 1.82) is 0 Å². The van der Waals surface area contributed by atoms with E-state index in [1.54, 1.807) is 30.7 Å². The molecule has 0 atom stereocenters. The third-order valence-corrected chi connectivity index (χ3v) is 4.31. The second-order valence-electron chi connectivity index (χ2n) is 6.18. The fraction of sp³-hybridized carbons (Fsp3) is 0. The van der Waals surface area contributed by atoms with Gasteiger partial charge >= 0.3 is 0 Å². The van der Waals surface area contributed by atoms with E-state index in [0.29, 0.717) is 5.56 Å². The van der Waals surface area contributed by atoms with Crippen LogP contribution in [-0.2, 0) is 0 Å². The normalized spacial score (nSPS) is 10.9. The van der Waals surface area contributed by atoms with Crippen LogP contribution in [0.1, 0.15) is 15.9 Å². The topological polar surface area (TPSA) is 70.1 Å². The molecule has 0 fully saturated rings. The third-order valence-electron chi connectivity index (χ3n) is 4.31. The van der Waals surface area contributed by atoms with E-state index in [0.717, 1.165) is 28.1 Å². The summed E-state index contributed by atoms with van der Waals surface area (Å²) < 4.78 is 0. The van der Waals surface area contributed by atoms with Gasteiger partial charge in [-0.2, -0.15) is 5.10 Å². The second kappa shape index (κ2) is 8.14. The van der Waals surface area contributed by atoms with E-state index in [4.69, 9.17) is 0 Å². The minimum absolute atomic E-state index is 0.279. The number of aromatic amines is 1. The third kappa shape index (κ3) is 3.88. The molecule has 0 saturated heterocycles. The number of amides is 1. The largest absolute Gasteiger partial charge is 0.354 e. The molecule has 2 aromatic carbocycles. The summed E-state index contributed by atoms with van der Waals surface area (Å²) in [5, 5.41) is 4.15. The Morgan fingerprint density at radius 2 is 1.54 bits per heavy atom. The van der Waals surface area contributed by atoms with Crippen molar-refractivity contribution in [2.75, 3.05) is 0 Å². The van der Waals surface area contributed by atoms with Crippen LogP contribution in [0.4, 0.5) is 0 Å². The quantitative estimate of drug-likeness (QED) is 0.403. The summed E-state index contributed by atoms with van der Waals surface area (Å²) in [5.41, 5.74) is 8.03. The van der Waals surface area contributed by atoms with E-state index in [9.17, 15) is 4.79 Å². The van der Waals surface area contributed by atoms with Gasteiger partial charge in [0.25, 0.3) is 5.91 Å². The number of H-pyrrole nitrogens is 1. The number of hydrazone groups is 1. The standard InChI is InChI=1S/C23H18N4O/c28-23(19-11-13-24-14-12-19)27-25-16-20-15-21(17-7-3-1-4-8-17)26-22(20)18-9-5-2-6-10-18/h1-16,26H,(H,27,28)/b25-16-. The number of benzene rings is 2. The van der Waals surface area contributed by atoms with Crippen molar-refractivity contribution in [2.24, 2.45) is 5.10 Å². The molecule has 2 heterocycles. The zero-order valence-corrected chi connectivity index (χ0v) is 15.0. The highest BCUT2D eigenvalue weighted by Crippen LogP contribution is 2.27. The van der Waals surface area contributed by atoms with Gasteiger partial charge in [0.15, 0.2) is 0 Å². The van der Waals surface area contributed by atoms with E-state index in [-0.39, 0.29) is 5.91 Å². The lowest BCUT2D eigenvalue weighted by molar-refractivity contribution is 0.0955. The van der Waals surface area contributed by atoms with Gasteiger partial charge in [0, 0.05) is 29.2 Å². The van der Waals surface area contributed by atoms with Crippen LogP contribution in [0.25, 0.3) is 22.5 Å². The number of nitrogens with zero attached hydrogens (tertiary/aromatic N) is 2. The first kappa shape index (κ1) is 17.4. The van der Waals surface area contributed by atoms with Crippen molar-refractivity contribution in [3.8, 4) is 22.5 Å². The van der Waals surface area contributed by atoms with E-state index < -0.39 is 0 Å². The van der Waals surface area contributed by atoms with Gasteiger partial charge in [-0.3, -0.25) is 9.78 Å². The lowest BCUT2D eigenvalue weighted by Gasteiger charge is -2.01. The van der Waals surface area contributed by atoms with Crippen LogP contribution in [0.5, 0.6) is 0 Å². The van der Waals surface area contributed by atoms with Crippen molar-refractivity contribution in [3.05, 3.63) is 102 Å². The molecule has 1 amide bonds. The van der Waals surface area contributed by atoms with Crippen LogP contribution in [0.3, 0.4) is 0 Å². The summed E-state index contributed by atoms with van der Waals surface area (Å²) in [6.45, 7) is 0. The molecule has 0 spiro atoms. The molecule has 0 radical (unpaired) electrons. The van der Waals surface area contributed by atoms with Gasteiger partial charge in [0.1, 0.15) is 0 Å². The molecular weight excluding hydrogens is 348 g/mol. The highest BCUT2D eigenvalue weighted by molar-refractivity contribution is 5.96. The molecular formula is C23H18N4O. The van der Waals surface area contributed by atoms with Crippen molar-refractivity contribution in [1.82, 2.24) is 15.4 Å². The summed E-state index contributed by atoms with van der Waals surface area (Å²) in [7, 11) is 0. The monoisotopic (exact) mass is 366 g/mol. The van der Waals surface area contributed by atoms with Crippen LogP contribution in [0, 0.1) is 0 Å². The molecule has 0 aliphatic carbocycles. The lowest BCUT2D eigenvalue weighted by atomic mass is 10.1. The summed E-state index contributed by atoms with van der Waals surface area (Å²) in [6, 6.07) is 25.4. The lowest BCUT2D eigenvalue weighted by Crippen LogP contribution is -2.17. The number of carbonyl (C=O) groups excluding carboxylic acids is 1. The molecule has 5 heteroatoms. The first-order valence-electron chi connectivity index (χ1n) is 8.88. The minimum atomic E-state index is -0.279. The Morgan fingerprint density at radius 3 is 2.21 bits per heavy atom. The highest BCUT2D eigenvalue weighted by atomic mass is 16.2. The number of hydrogen-bond acceptors (Lipinski definition) is 3. The Labute approximate surface area is 162 Å². The molecule has 2 N–H and O–H groups in total. The summed E-state index contributed by atoms with van der Waals surface area (Å²) in [6.07, 6.45) is 4.80. The van der Waals surface area contributed by atoms with E-state index in [2.05, 4.69) is 20.5 Å². The molecule has 5 nitrogen and oxygen atoms in total. The maximum Gasteiger partial charge on any atom is 0.271 e. The predicted octanol–water partition coefficient (Wildman–Crippen LogP) is 4.51. The first-order valence-corrected chi connectivity index (χ1v) is 8.88. The fourth-order valence-corrected chi connectivity index (χ4v) is 2.92. The van der Waals surface area contributed by atoms with E-state index in [1.807, 2.05) is 66.7 Å². The average Bonchev–Trinajstić information content (AvgIpc) is 3.20. The van der Waals surface area contributed by atoms with Gasteiger partial charge in [-0.15, -0.1) is 0 Å². The maximum atomic E-state index is 12.2. The van der Waals surface area contributed by atoms with Gasteiger partial charge in [-0.05, 0) is 29.3 Å². The Kier molecular flexibility index (Phi) is 5.06. The molecule has 28 heavy (non-hydrogen) atoms. The fourth-order valence-electron chi connectivity index (χ4n) is 2.92. The highest BCUT2D eigenvalue weighted by Gasteiger charge is 2.10. The van der Waals surface area contributed by atoms with Crippen LogP contribution in [0.15, 0.2) is 96.4 Å². The maximum absolute atomic E-state index is 12.2. The Balaban J connectivity index is 1.63. The van der Waals surface area contributed by atoms with Gasteiger partial charge in [0.2, 0.25) is 0 Å². The molecule has 136 valence electrons. The zero-order chi connectivity index (χ0) is 19.2. The molecule has 0 aliphatic rings. The Hall–Kier alpha value is -3.99. The minimum Gasteiger partial charge on any atom is -0.354 e. The number of carbonyl (C=O) groups is 1. The van der Waals surface area contributed by atoms with E-state index >= 15 is 0 Å². The van der Waals surface area contributed by atoms with Crippen LogP contribution in [0.2, 0.25) is 0 Å². The average molecular weight is 366 g/mol. The smallest absolute Gasteiger partial charge is 0.271 e. The summed E-state index contributed by atoms with van der Waals surface area (Å²) in [4.78, 5) is 19.5. The number of rotatable bonds is 5. The first-order chi connectivity index (χ1) is 13.8. The summed E-state index contributed by atoms with van der Waals surface area (Å²) in [5.74, 6) is -0.279. The number of hydrogen-bond donors (Lipinski definition) is 2. The predicted molar refractivity (Wildman–Crippen MR) is 111 cm³/mol. The Morgan fingerprint density at radius 1 is 0.893 bits per heavy atom. The van der Waals surface area contributed by atoms with E-state index in [1.165, 1.54) is 0 Å². The number of pyridine rings is 1. The van der Waals surface area contributed by atoms with Gasteiger partial charge in [-0.1, -0.05) is 60.7 Å². The van der Waals surface area contributed by atoms with Crippen molar-refractivity contribution in [2.45, 2.75) is 0 Å². The number of aromatic nitrogens is 2. The van der Waals surface area contributed by atoms with Crippen molar-refractivity contribution < 1.29 is 4.79 Å². The summed E-state index contributed by atoms with van der Waals surface area (Å²) >= 11 is 0. The molecule has 4 rings (SSSR count). The van der Waals surface area contributed by atoms with Crippen molar-refractivity contribution in [3.63, 3.8) is 0 Å². The van der Waals surface area contributed by atoms with Crippen LogP contribution < -0.4 is 5.43 Å². The zero-order valence-electron chi connectivity index (χ0n) is 15.0.